The second-order valence-electron chi connectivity index (χ2n) is 4.67. The topological polar surface area (TPSA) is 92.9 Å². The first-order chi connectivity index (χ1) is 9.98. The highest BCUT2D eigenvalue weighted by molar-refractivity contribution is 7.89. The summed E-state index contributed by atoms with van der Waals surface area (Å²) in [5.74, 6) is 5.98. The van der Waals surface area contributed by atoms with E-state index < -0.39 is 16.1 Å². The van der Waals surface area contributed by atoms with Gasteiger partial charge in [0, 0.05) is 13.1 Å². The molecule has 1 unspecified atom stereocenters. The Morgan fingerprint density at radius 1 is 1.52 bits per heavy atom. The van der Waals surface area contributed by atoms with Crippen LogP contribution in [0.4, 0.5) is 0 Å². The summed E-state index contributed by atoms with van der Waals surface area (Å²) in [6.07, 6.45) is -0.149. The summed E-state index contributed by atoms with van der Waals surface area (Å²) in [6.45, 7) is 0.621. The van der Waals surface area contributed by atoms with E-state index in [1.807, 2.05) is 0 Å². The van der Waals surface area contributed by atoms with Gasteiger partial charge < -0.3 is 15.6 Å². The molecule has 7 heteroatoms. The Labute approximate surface area is 124 Å². The molecule has 0 amide bonds. The third-order valence-electron chi connectivity index (χ3n) is 3.26. The number of aliphatic hydroxyl groups is 1. The number of aliphatic hydroxyl groups excluding tert-OH is 1. The molecule has 1 aromatic rings. The van der Waals surface area contributed by atoms with Crippen LogP contribution in [-0.2, 0) is 10.0 Å². The van der Waals surface area contributed by atoms with Gasteiger partial charge in [0.05, 0.1) is 30.2 Å². The lowest BCUT2D eigenvalue weighted by molar-refractivity contribution is 0.189. The van der Waals surface area contributed by atoms with E-state index in [0.717, 1.165) is 0 Å². The molecule has 0 bridgehead atoms. The summed E-state index contributed by atoms with van der Waals surface area (Å²) in [4.78, 5) is 0.138. The number of hydrogen-bond acceptors (Lipinski definition) is 5. The van der Waals surface area contributed by atoms with Gasteiger partial charge in [-0.3, -0.25) is 0 Å². The largest absolute Gasteiger partial charge is 0.495 e. The van der Waals surface area contributed by atoms with Gasteiger partial charge in [0.15, 0.2) is 0 Å². The van der Waals surface area contributed by atoms with Crippen LogP contribution >= 0.6 is 0 Å². The Morgan fingerprint density at radius 2 is 2.29 bits per heavy atom. The van der Waals surface area contributed by atoms with Crippen LogP contribution in [0.15, 0.2) is 23.1 Å². The van der Waals surface area contributed by atoms with E-state index in [1.165, 1.54) is 23.5 Å². The number of methoxy groups -OCH3 is 1. The number of nitrogens with two attached hydrogens (primary N) is 1. The van der Waals surface area contributed by atoms with Crippen LogP contribution in [0.1, 0.15) is 12.0 Å². The molecule has 1 atom stereocenters. The molecule has 1 aromatic carbocycles. The zero-order valence-corrected chi connectivity index (χ0v) is 12.6. The summed E-state index contributed by atoms with van der Waals surface area (Å²) in [6, 6.07) is 4.52. The SMILES string of the molecule is COc1ccc(S(=O)(=O)N2CCC(O)C2)cc1C#CCN. The molecule has 21 heavy (non-hydrogen) atoms. The molecule has 1 heterocycles. The molecule has 114 valence electrons. The third kappa shape index (κ3) is 3.36. The number of benzene rings is 1. The van der Waals surface area contributed by atoms with Crippen LogP contribution in [0.2, 0.25) is 0 Å². The van der Waals surface area contributed by atoms with E-state index in [1.54, 1.807) is 6.07 Å². The molecule has 1 saturated heterocycles. The van der Waals surface area contributed by atoms with Gasteiger partial charge in [0.2, 0.25) is 10.0 Å². The van der Waals surface area contributed by atoms with Gasteiger partial charge in [-0.2, -0.15) is 4.31 Å². The molecule has 2 rings (SSSR count). The molecule has 1 fully saturated rings. The molecule has 6 nitrogen and oxygen atoms in total. The summed E-state index contributed by atoms with van der Waals surface area (Å²) < 4.78 is 31.5. The van der Waals surface area contributed by atoms with Crippen molar-refractivity contribution >= 4 is 10.0 Å². The Bertz CT molecular complexity index is 676. The van der Waals surface area contributed by atoms with Gasteiger partial charge >= 0.3 is 0 Å². The van der Waals surface area contributed by atoms with Gasteiger partial charge in [-0.1, -0.05) is 11.8 Å². The lowest BCUT2D eigenvalue weighted by atomic mass is 10.2. The lowest BCUT2D eigenvalue weighted by Crippen LogP contribution is -2.29. The fourth-order valence-corrected chi connectivity index (χ4v) is 3.69. The van der Waals surface area contributed by atoms with E-state index in [0.29, 0.717) is 24.3 Å². The predicted molar refractivity (Wildman–Crippen MR) is 78.3 cm³/mol. The number of hydrogen-bond donors (Lipinski definition) is 2. The standard InChI is InChI=1S/C14H18N2O4S/c1-20-14-5-4-13(9-11(14)3-2-7-15)21(18,19)16-8-6-12(17)10-16/h4-5,9,12,17H,6-8,10,15H2,1H3. The first-order valence-corrected chi connectivity index (χ1v) is 7.98. The van der Waals surface area contributed by atoms with Crippen LogP contribution in [-0.4, -0.2) is 50.7 Å². The van der Waals surface area contributed by atoms with Crippen molar-refractivity contribution in [2.24, 2.45) is 5.73 Å². The minimum Gasteiger partial charge on any atom is -0.495 e. The maximum atomic E-state index is 12.5. The average molecular weight is 310 g/mol. The number of nitrogens with zero attached hydrogens (tertiary/aromatic N) is 1. The monoisotopic (exact) mass is 310 g/mol. The zero-order valence-electron chi connectivity index (χ0n) is 11.7. The second kappa shape index (κ2) is 6.45. The van der Waals surface area contributed by atoms with Crippen molar-refractivity contribution < 1.29 is 18.3 Å². The predicted octanol–water partition coefficient (Wildman–Crippen LogP) is -0.239. The number of ether oxygens (including phenoxy) is 1. The quantitative estimate of drug-likeness (QED) is 0.752. The van der Waals surface area contributed by atoms with Gasteiger partial charge in [0.25, 0.3) is 0 Å². The highest BCUT2D eigenvalue weighted by Gasteiger charge is 2.31. The average Bonchev–Trinajstić information content (AvgIpc) is 2.92. The molecule has 0 spiro atoms. The van der Waals surface area contributed by atoms with Crippen molar-refractivity contribution in [3.05, 3.63) is 23.8 Å². The van der Waals surface area contributed by atoms with Crippen molar-refractivity contribution in [2.45, 2.75) is 17.4 Å². The highest BCUT2D eigenvalue weighted by Crippen LogP contribution is 2.26. The van der Waals surface area contributed by atoms with E-state index in [9.17, 15) is 13.5 Å². The van der Waals surface area contributed by atoms with E-state index >= 15 is 0 Å². The number of rotatable bonds is 3. The number of β-amino-alcohol motifs (C(OH)–C–C–N with tert-alkyl or cyclic N) is 1. The van der Waals surface area contributed by atoms with Crippen LogP contribution < -0.4 is 10.5 Å². The van der Waals surface area contributed by atoms with E-state index in [-0.39, 0.29) is 18.0 Å². The molecule has 0 aliphatic carbocycles. The second-order valence-corrected chi connectivity index (χ2v) is 6.61. The molecule has 3 N–H and O–H groups in total. The van der Waals surface area contributed by atoms with Crippen molar-refractivity contribution in [3.63, 3.8) is 0 Å². The Balaban J connectivity index is 2.40. The fraction of sp³-hybridized carbons (Fsp3) is 0.429. The summed E-state index contributed by atoms with van der Waals surface area (Å²) in [5, 5.41) is 9.50. The Hall–Kier alpha value is -1.59. The smallest absolute Gasteiger partial charge is 0.243 e. The van der Waals surface area contributed by atoms with Crippen molar-refractivity contribution in [3.8, 4) is 17.6 Å². The van der Waals surface area contributed by atoms with Crippen LogP contribution in [0.25, 0.3) is 0 Å². The maximum absolute atomic E-state index is 12.5. The molecular formula is C14H18N2O4S. The van der Waals surface area contributed by atoms with Gasteiger partial charge in [-0.05, 0) is 24.6 Å². The maximum Gasteiger partial charge on any atom is 0.243 e. The Kier molecular flexibility index (Phi) is 4.85. The van der Waals surface area contributed by atoms with Gasteiger partial charge in [-0.15, -0.1) is 0 Å². The normalized spacial score (nSPS) is 19.1. The molecular weight excluding hydrogens is 292 g/mol. The van der Waals surface area contributed by atoms with E-state index in [2.05, 4.69) is 11.8 Å². The van der Waals surface area contributed by atoms with Crippen molar-refractivity contribution in [1.82, 2.24) is 4.31 Å². The van der Waals surface area contributed by atoms with Crippen LogP contribution in [0.3, 0.4) is 0 Å². The summed E-state index contributed by atoms with van der Waals surface area (Å²) >= 11 is 0. The van der Waals surface area contributed by atoms with Gasteiger partial charge in [0.1, 0.15) is 5.75 Å². The fourth-order valence-electron chi connectivity index (χ4n) is 2.17. The Morgan fingerprint density at radius 3 is 2.86 bits per heavy atom. The third-order valence-corrected chi connectivity index (χ3v) is 5.12. The first-order valence-electron chi connectivity index (χ1n) is 6.54. The van der Waals surface area contributed by atoms with Gasteiger partial charge in [-0.25, -0.2) is 8.42 Å². The van der Waals surface area contributed by atoms with E-state index in [4.69, 9.17) is 10.5 Å². The molecule has 1 aliphatic heterocycles. The minimum atomic E-state index is -3.63. The molecule has 0 aromatic heterocycles. The number of sulfonamides is 1. The zero-order chi connectivity index (χ0) is 15.5. The molecule has 1 aliphatic rings. The first kappa shape index (κ1) is 15.8. The molecule has 0 saturated carbocycles. The molecule has 0 radical (unpaired) electrons. The highest BCUT2D eigenvalue weighted by atomic mass is 32.2. The van der Waals surface area contributed by atoms with Crippen LogP contribution in [0, 0.1) is 11.8 Å². The van der Waals surface area contributed by atoms with Crippen LogP contribution in [0.5, 0.6) is 5.75 Å². The lowest BCUT2D eigenvalue weighted by Gasteiger charge is -2.16. The summed E-state index contributed by atoms with van der Waals surface area (Å²) in [7, 11) is -2.13. The minimum absolute atomic E-state index is 0.123. The van der Waals surface area contributed by atoms with Crippen molar-refractivity contribution in [2.75, 3.05) is 26.7 Å². The summed E-state index contributed by atoms with van der Waals surface area (Å²) in [5.41, 5.74) is 5.81. The van der Waals surface area contributed by atoms with Crippen molar-refractivity contribution in [1.29, 1.82) is 0 Å².